The van der Waals surface area contributed by atoms with Crippen LogP contribution >= 0.6 is 0 Å². The van der Waals surface area contributed by atoms with Crippen molar-refractivity contribution in [2.24, 2.45) is 5.11 Å². The molecular formula is C15H20N6O3. The molecule has 1 aromatic rings. The lowest BCUT2D eigenvalue weighted by molar-refractivity contribution is -0.135. The van der Waals surface area contributed by atoms with E-state index < -0.39 is 0 Å². The van der Waals surface area contributed by atoms with Gasteiger partial charge in [-0.3, -0.25) is 9.59 Å². The van der Waals surface area contributed by atoms with Crippen molar-refractivity contribution in [3.05, 3.63) is 28.3 Å². The van der Waals surface area contributed by atoms with Crippen LogP contribution in [-0.4, -0.2) is 61.5 Å². The summed E-state index contributed by atoms with van der Waals surface area (Å²) in [4.78, 5) is 34.2. The van der Waals surface area contributed by atoms with Crippen molar-refractivity contribution in [2.45, 2.75) is 13.3 Å². The van der Waals surface area contributed by atoms with Gasteiger partial charge in [0, 0.05) is 44.6 Å². The van der Waals surface area contributed by atoms with Crippen LogP contribution in [0.4, 0.5) is 11.5 Å². The Labute approximate surface area is 139 Å². The number of hydrogen-bond acceptors (Lipinski definition) is 6. The van der Waals surface area contributed by atoms with Crippen molar-refractivity contribution in [2.75, 3.05) is 44.8 Å². The quantitative estimate of drug-likeness (QED) is 0.444. The Kier molecular flexibility index (Phi) is 6.11. The van der Waals surface area contributed by atoms with Gasteiger partial charge in [0.15, 0.2) is 0 Å². The molecule has 0 atom stereocenters. The highest BCUT2D eigenvalue weighted by Crippen LogP contribution is 2.23. The number of carbonyl (C=O) groups is 2. The third-order valence-corrected chi connectivity index (χ3v) is 3.73. The minimum atomic E-state index is -0.0518. The van der Waals surface area contributed by atoms with Crippen LogP contribution in [0.1, 0.15) is 12.6 Å². The van der Waals surface area contributed by atoms with Gasteiger partial charge in [-0.05, 0) is 24.6 Å². The molecule has 0 aliphatic carbocycles. The normalized spacial score (nSPS) is 14.2. The first-order chi connectivity index (χ1) is 11.5. The lowest BCUT2D eigenvalue weighted by atomic mass is 10.2. The maximum Gasteiger partial charge on any atom is 0.248 e. The zero-order valence-electron chi connectivity index (χ0n) is 13.8. The molecule has 9 nitrogen and oxygen atoms in total. The van der Waals surface area contributed by atoms with E-state index in [1.165, 1.54) is 14.0 Å². The van der Waals surface area contributed by atoms with Crippen molar-refractivity contribution in [1.29, 1.82) is 0 Å². The second-order valence-corrected chi connectivity index (χ2v) is 5.50. The number of hydrogen-bond donors (Lipinski definition) is 0. The first-order valence-corrected chi connectivity index (χ1v) is 7.61. The summed E-state index contributed by atoms with van der Waals surface area (Å²) in [5.74, 6) is 0.632. The van der Waals surface area contributed by atoms with E-state index in [9.17, 15) is 9.59 Å². The highest BCUT2D eigenvalue weighted by atomic mass is 16.5. The molecule has 1 aliphatic heterocycles. The number of carbonyl (C=O) groups excluding carboxylic acids is 2. The fourth-order valence-corrected chi connectivity index (χ4v) is 2.56. The van der Waals surface area contributed by atoms with Gasteiger partial charge in [0.2, 0.25) is 5.91 Å². The summed E-state index contributed by atoms with van der Waals surface area (Å²) in [7, 11) is 1.50. The molecule has 0 radical (unpaired) electrons. The topological polar surface area (TPSA) is 112 Å². The third kappa shape index (κ3) is 4.43. The van der Waals surface area contributed by atoms with Gasteiger partial charge < -0.3 is 14.5 Å². The smallest absolute Gasteiger partial charge is 0.248 e. The van der Waals surface area contributed by atoms with Crippen LogP contribution in [0, 0.1) is 0 Å². The van der Waals surface area contributed by atoms with E-state index in [0.29, 0.717) is 43.4 Å². The van der Waals surface area contributed by atoms with Crippen molar-refractivity contribution in [1.82, 2.24) is 9.88 Å². The Hall–Kier alpha value is -2.64. The van der Waals surface area contributed by atoms with E-state index in [0.717, 1.165) is 0 Å². The molecule has 1 aromatic heterocycles. The third-order valence-electron chi connectivity index (χ3n) is 3.73. The van der Waals surface area contributed by atoms with E-state index in [-0.39, 0.29) is 24.7 Å². The molecule has 0 unspecified atom stereocenters. The fourth-order valence-electron chi connectivity index (χ4n) is 2.56. The molecule has 24 heavy (non-hydrogen) atoms. The summed E-state index contributed by atoms with van der Waals surface area (Å²) in [6.07, 6.45) is 0.120. The van der Waals surface area contributed by atoms with Gasteiger partial charge in [-0.2, -0.15) is 0 Å². The number of aromatic nitrogens is 1. The average Bonchev–Trinajstić information content (AvgIpc) is 2.56. The Morgan fingerprint density at radius 3 is 2.62 bits per heavy atom. The molecule has 0 bridgehead atoms. The number of anilines is 1. The zero-order valence-corrected chi connectivity index (χ0v) is 13.8. The summed E-state index contributed by atoms with van der Waals surface area (Å²) >= 11 is 0. The molecular weight excluding hydrogens is 312 g/mol. The van der Waals surface area contributed by atoms with Crippen molar-refractivity contribution in [3.63, 3.8) is 0 Å². The molecule has 1 aliphatic rings. The van der Waals surface area contributed by atoms with Gasteiger partial charge in [0.05, 0.1) is 11.4 Å². The van der Waals surface area contributed by atoms with E-state index >= 15 is 0 Å². The second kappa shape index (κ2) is 8.28. The molecule has 0 N–H and O–H groups in total. The van der Waals surface area contributed by atoms with E-state index in [4.69, 9.17) is 10.3 Å². The van der Waals surface area contributed by atoms with Crippen LogP contribution in [0.5, 0.6) is 0 Å². The number of Topliss-reactive ketones (excluding diaryl/α,β-unsaturated/α-hetero) is 1. The fraction of sp³-hybridized carbons (Fsp3) is 0.533. The van der Waals surface area contributed by atoms with Crippen LogP contribution < -0.4 is 4.90 Å². The number of ether oxygens (including phenoxy) is 1. The Morgan fingerprint density at radius 1 is 1.33 bits per heavy atom. The molecule has 0 aromatic carbocycles. The molecule has 2 heterocycles. The highest BCUT2D eigenvalue weighted by Gasteiger charge is 2.22. The van der Waals surface area contributed by atoms with Crippen LogP contribution in [0.3, 0.4) is 0 Å². The van der Waals surface area contributed by atoms with E-state index in [2.05, 4.69) is 15.0 Å². The minimum Gasteiger partial charge on any atom is -0.375 e. The first kappa shape index (κ1) is 17.7. The van der Waals surface area contributed by atoms with Crippen molar-refractivity contribution < 1.29 is 14.3 Å². The van der Waals surface area contributed by atoms with Crippen LogP contribution in [0.2, 0.25) is 0 Å². The number of rotatable bonds is 6. The van der Waals surface area contributed by atoms with Crippen LogP contribution in [0.15, 0.2) is 17.2 Å². The summed E-state index contributed by atoms with van der Waals surface area (Å²) in [5.41, 5.74) is 9.44. The number of ketones is 1. The number of pyridine rings is 1. The van der Waals surface area contributed by atoms with Gasteiger partial charge in [-0.15, -0.1) is 0 Å². The summed E-state index contributed by atoms with van der Waals surface area (Å²) in [5, 5.41) is 3.58. The number of methoxy groups -OCH3 is 1. The minimum absolute atomic E-state index is 0.0268. The van der Waals surface area contributed by atoms with Gasteiger partial charge in [-0.1, -0.05) is 5.11 Å². The summed E-state index contributed by atoms with van der Waals surface area (Å²) in [6.45, 7) is 4.01. The Morgan fingerprint density at radius 2 is 2.04 bits per heavy atom. The predicted molar refractivity (Wildman–Crippen MR) is 88.1 cm³/mol. The standard InChI is InChI=1S/C15H20N6O3/c1-11(22)9-13-12(18-19-16)3-4-14(17-13)20-5-7-21(8-6-20)15(23)10-24-2/h3-4H,5-10H2,1-2H3. The monoisotopic (exact) mass is 332 g/mol. The molecule has 128 valence electrons. The lowest BCUT2D eigenvalue weighted by Crippen LogP contribution is -2.50. The Bertz CT molecular complexity index is 663. The molecule has 1 fully saturated rings. The van der Waals surface area contributed by atoms with Crippen molar-refractivity contribution in [3.8, 4) is 0 Å². The van der Waals surface area contributed by atoms with Crippen molar-refractivity contribution >= 4 is 23.2 Å². The number of amides is 1. The molecule has 0 spiro atoms. The maximum absolute atomic E-state index is 11.8. The van der Waals surface area contributed by atoms with Crippen LogP contribution in [0.25, 0.3) is 10.4 Å². The summed E-state index contributed by atoms with van der Waals surface area (Å²) < 4.78 is 4.87. The van der Waals surface area contributed by atoms with Crippen LogP contribution in [-0.2, 0) is 20.7 Å². The van der Waals surface area contributed by atoms with Gasteiger partial charge in [-0.25, -0.2) is 4.98 Å². The van der Waals surface area contributed by atoms with E-state index in [1.54, 1.807) is 17.0 Å². The molecule has 1 amide bonds. The molecule has 2 rings (SSSR count). The molecule has 0 saturated carbocycles. The molecule has 9 heteroatoms. The number of piperazine rings is 1. The lowest BCUT2D eigenvalue weighted by Gasteiger charge is -2.35. The largest absolute Gasteiger partial charge is 0.375 e. The van der Waals surface area contributed by atoms with Gasteiger partial charge >= 0.3 is 0 Å². The Balaban J connectivity index is 2.11. The SMILES string of the molecule is COCC(=O)N1CCN(c2ccc(N=[N+]=[N-])c(CC(C)=O)n2)CC1. The molecule has 1 saturated heterocycles. The van der Waals surface area contributed by atoms with E-state index in [1.807, 2.05) is 4.90 Å². The highest BCUT2D eigenvalue weighted by molar-refractivity contribution is 5.79. The second-order valence-electron chi connectivity index (χ2n) is 5.50. The van der Waals surface area contributed by atoms with Gasteiger partial charge in [0.1, 0.15) is 18.2 Å². The maximum atomic E-state index is 11.8. The number of nitrogens with zero attached hydrogens (tertiary/aromatic N) is 6. The first-order valence-electron chi connectivity index (χ1n) is 7.61. The zero-order chi connectivity index (χ0) is 17.5. The predicted octanol–water partition coefficient (Wildman–Crippen LogP) is 1.45. The average molecular weight is 332 g/mol. The number of azide groups is 1. The summed E-state index contributed by atoms with van der Waals surface area (Å²) in [6, 6.07) is 3.43. The van der Waals surface area contributed by atoms with Gasteiger partial charge in [0.25, 0.3) is 0 Å².